The molecule has 0 aliphatic heterocycles. The summed E-state index contributed by atoms with van der Waals surface area (Å²) >= 11 is 0. The van der Waals surface area contributed by atoms with Crippen molar-refractivity contribution >= 4 is 39.2 Å². The molecule has 0 aliphatic carbocycles. The summed E-state index contributed by atoms with van der Waals surface area (Å²) in [5.74, 6) is 0. The Morgan fingerprint density at radius 3 is 0.767 bits per heavy atom. The van der Waals surface area contributed by atoms with Crippen LogP contribution in [0.4, 0.5) is 0 Å². The molecule has 30 heavy (non-hydrogen) atoms. The van der Waals surface area contributed by atoms with Crippen molar-refractivity contribution in [1.82, 2.24) is 0 Å². The first-order valence-corrected chi connectivity index (χ1v) is 18.0. The minimum atomic E-state index is -2.70. The molecule has 0 bridgehead atoms. The van der Waals surface area contributed by atoms with E-state index in [1.54, 1.807) is 21.6 Å². The van der Waals surface area contributed by atoms with E-state index >= 15 is 0 Å². The summed E-state index contributed by atoms with van der Waals surface area (Å²) in [6.07, 6.45) is 5.72. The predicted octanol–water partition coefficient (Wildman–Crippen LogP) is 5.88. The summed E-state index contributed by atoms with van der Waals surface area (Å²) in [6, 6.07) is 0. The van der Waals surface area contributed by atoms with Crippen molar-refractivity contribution in [3.63, 3.8) is 0 Å². The highest BCUT2D eigenvalue weighted by molar-refractivity contribution is 8.77. The Bertz CT molecular complexity index is 306. The topological polar surface area (TPSA) is 55.4 Å². The van der Waals surface area contributed by atoms with Crippen LogP contribution in [0.1, 0.15) is 80.1 Å². The lowest BCUT2D eigenvalue weighted by atomic mass is 10.5. The third kappa shape index (κ3) is 14.1. The van der Waals surface area contributed by atoms with E-state index in [1.807, 2.05) is 0 Å². The molecule has 0 N–H and O–H groups in total. The molecular formula is C20H46O6S2Si2. The van der Waals surface area contributed by atoms with Gasteiger partial charge in [0.15, 0.2) is 0 Å². The van der Waals surface area contributed by atoms with Crippen molar-refractivity contribution in [3.05, 3.63) is 0 Å². The van der Waals surface area contributed by atoms with Gasteiger partial charge in [-0.1, -0.05) is 63.1 Å². The van der Waals surface area contributed by atoms with Crippen LogP contribution in [0.15, 0.2) is 0 Å². The van der Waals surface area contributed by atoms with Gasteiger partial charge in [-0.15, -0.1) is 0 Å². The standard InChI is InChI=1S/C20H46O6S2Si2/c1-7-13-21-29(22-14-8-2,23-15-9-3)19-27-28-20-30(24-16-10-4,25-17-11-5)26-18-12-6/h7-20H2,1-6H3. The monoisotopic (exact) mass is 502 g/mol. The third-order valence-corrected chi connectivity index (χ3v) is 14.1. The molecule has 0 aromatic heterocycles. The molecule has 0 unspecified atom stereocenters. The van der Waals surface area contributed by atoms with Crippen LogP contribution in [-0.4, -0.2) is 68.0 Å². The predicted molar refractivity (Wildman–Crippen MR) is 134 cm³/mol. The van der Waals surface area contributed by atoms with Gasteiger partial charge in [0.1, 0.15) is 0 Å². The molecule has 0 fully saturated rings. The van der Waals surface area contributed by atoms with Crippen molar-refractivity contribution in [3.8, 4) is 0 Å². The molecule has 10 heteroatoms. The van der Waals surface area contributed by atoms with E-state index < -0.39 is 17.6 Å². The van der Waals surface area contributed by atoms with Crippen LogP contribution in [0.25, 0.3) is 0 Å². The fraction of sp³-hybridized carbons (Fsp3) is 1.00. The minimum absolute atomic E-state index is 0.669. The summed E-state index contributed by atoms with van der Waals surface area (Å²) in [6.45, 7) is 16.7. The average Bonchev–Trinajstić information content (AvgIpc) is 2.77. The molecule has 0 rings (SSSR count). The van der Waals surface area contributed by atoms with E-state index in [0.717, 1.165) is 49.3 Å². The maximum Gasteiger partial charge on any atom is 0.512 e. The molecule has 0 aromatic rings. The van der Waals surface area contributed by atoms with Crippen LogP contribution in [0.5, 0.6) is 0 Å². The maximum atomic E-state index is 6.19. The molecule has 0 aliphatic rings. The highest BCUT2D eigenvalue weighted by atomic mass is 33.1. The van der Waals surface area contributed by atoms with Gasteiger partial charge >= 0.3 is 17.6 Å². The summed E-state index contributed by atoms with van der Waals surface area (Å²) < 4.78 is 37.1. The van der Waals surface area contributed by atoms with E-state index in [1.165, 1.54) is 0 Å². The third-order valence-electron chi connectivity index (χ3n) is 3.71. The molecule has 0 aromatic carbocycles. The van der Waals surface area contributed by atoms with Gasteiger partial charge < -0.3 is 26.6 Å². The maximum absolute atomic E-state index is 6.19. The second-order valence-corrected chi connectivity index (χ2v) is 15.6. The van der Waals surface area contributed by atoms with Crippen LogP contribution in [0.2, 0.25) is 0 Å². The molecule has 0 saturated carbocycles. The van der Waals surface area contributed by atoms with Gasteiger partial charge in [-0.2, -0.15) is 0 Å². The lowest BCUT2D eigenvalue weighted by Gasteiger charge is -2.31. The number of hydrogen-bond acceptors (Lipinski definition) is 8. The van der Waals surface area contributed by atoms with Crippen molar-refractivity contribution in [2.45, 2.75) is 80.1 Å². The summed E-state index contributed by atoms with van der Waals surface area (Å²) in [7, 11) is -1.92. The molecular weight excluding hydrogens is 457 g/mol. The van der Waals surface area contributed by atoms with Gasteiger partial charge in [0.05, 0.1) is 10.8 Å². The van der Waals surface area contributed by atoms with Gasteiger partial charge in [-0.05, 0) is 38.5 Å². The first kappa shape index (κ1) is 30.9. The summed E-state index contributed by atoms with van der Waals surface area (Å²) in [5, 5.41) is 1.44. The average molecular weight is 503 g/mol. The quantitative estimate of drug-likeness (QED) is 0.0974. The van der Waals surface area contributed by atoms with Gasteiger partial charge in [0.25, 0.3) is 0 Å². The second-order valence-electron chi connectivity index (χ2n) is 6.98. The van der Waals surface area contributed by atoms with Crippen LogP contribution in [-0.2, 0) is 26.6 Å². The van der Waals surface area contributed by atoms with E-state index in [0.29, 0.717) is 39.6 Å². The van der Waals surface area contributed by atoms with Crippen molar-refractivity contribution in [2.75, 3.05) is 50.4 Å². The first-order valence-electron chi connectivity index (χ1n) is 11.7. The Balaban J connectivity index is 5.02. The van der Waals surface area contributed by atoms with Crippen LogP contribution in [0, 0.1) is 0 Å². The molecule has 0 radical (unpaired) electrons. The zero-order valence-electron chi connectivity index (χ0n) is 20.2. The minimum Gasteiger partial charge on any atom is -0.373 e. The molecule has 0 atom stereocenters. The van der Waals surface area contributed by atoms with E-state index in [9.17, 15) is 0 Å². The molecule has 0 heterocycles. The van der Waals surface area contributed by atoms with Crippen molar-refractivity contribution in [2.24, 2.45) is 0 Å². The van der Waals surface area contributed by atoms with Gasteiger partial charge in [-0.25, -0.2) is 0 Å². The van der Waals surface area contributed by atoms with E-state index in [4.69, 9.17) is 26.6 Å². The lowest BCUT2D eigenvalue weighted by Crippen LogP contribution is -2.50. The molecule has 6 nitrogen and oxygen atoms in total. The van der Waals surface area contributed by atoms with E-state index in [-0.39, 0.29) is 0 Å². The number of hydrogen-bond donors (Lipinski definition) is 0. The zero-order chi connectivity index (χ0) is 22.6. The Labute approximate surface area is 196 Å². The second kappa shape index (κ2) is 20.5. The Morgan fingerprint density at radius 2 is 0.600 bits per heavy atom. The zero-order valence-corrected chi connectivity index (χ0v) is 23.8. The summed E-state index contributed by atoms with van der Waals surface area (Å²) in [5.41, 5.74) is 0. The Morgan fingerprint density at radius 1 is 0.400 bits per heavy atom. The molecule has 0 saturated heterocycles. The normalized spacial score (nSPS) is 12.6. The fourth-order valence-electron chi connectivity index (χ4n) is 2.27. The smallest absolute Gasteiger partial charge is 0.373 e. The highest BCUT2D eigenvalue weighted by Gasteiger charge is 2.44. The molecule has 0 spiro atoms. The molecule has 182 valence electrons. The Kier molecular flexibility index (Phi) is 21.1. The van der Waals surface area contributed by atoms with Crippen LogP contribution >= 0.6 is 21.6 Å². The highest BCUT2D eigenvalue weighted by Crippen LogP contribution is 2.31. The SMILES string of the molecule is CCCO[Si](CSSC[Si](OCCC)(OCCC)OCCC)(OCCC)OCCC. The first-order chi connectivity index (χ1) is 14.6. The van der Waals surface area contributed by atoms with Gasteiger partial charge in [0.2, 0.25) is 0 Å². The molecule has 0 amide bonds. The number of rotatable bonds is 23. The van der Waals surface area contributed by atoms with E-state index in [2.05, 4.69) is 41.5 Å². The van der Waals surface area contributed by atoms with Crippen LogP contribution < -0.4 is 0 Å². The van der Waals surface area contributed by atoms with Gasteiger partial charge in [0, 0.05) is 39.6 Å². The fourth-order valence-corrected chi connectivity index (χ4v) is 13.8. The largest absolute Gasteiger partial charge is 0.512 e. The van der Waals surface area contributed by atoms with Crippen molar-refractivity contribution in [1.29, 1.82) is 0 Å². The van der Waals surface area contributed by atoms with Crippen LogP contribution in [0.3, 0.4) is 0 Å². The van der Waals surface area contributed by atoms with Crippen molar-refractivity contribution < 1.29 is 26.6 Å². The van der Waals surface area contributed by atoms with Gasteiger partial charge in [-0.3, -0.25) is 0 Å². The summed E-state index contributed by atoms with van der Waals surface area (Å²) in [4.78, 5) is 0. The lowest BCUT2D eigenvalue weighted by molar-refractivity contribution is 0.0641. The Hall–Kier alpha value is 0.894.